The number of thiol groups is 1. The molecule has 0 aromatic carbocycles. The normalized spacial score (nSPS) is 23.4. The van der Waals surface area contributed by atoms with Gasteiger partial charge >= 0.3 is 0 Å². The molecular formula is C18H22N6S. The summed E-state index contributed by atoms with van der Waals surface area (Å²) in [4.78, 5) is 4.65. The zero-order valence-electron chi connectivity index (χ0n) is 14.2. The van der Waals surface area contributed by atoms with Gasteiger partial charge in [-0.3, -0.25) is 5.01 Å². The number of allylic oxidation sites excluding steroid dienone is 5. The molecule has 1 aromatic heterocycles. The molecule has 0 spiro atoms. The van der Waals surface area contributed by atoms with Gasteiger partial charge < -0.3 is 5.32 Å². The lowest BCUT2D eigenvalue weighted by atomic mass is 10.0. The fourth-order valence-electron chi connectivity index (χ4n) is 2.92. The summed E-state index contributed by atoms with van der Waals surface area (Å²) < 4.78 is 0. The molecule has 1 atom stereocenters. The van der Waals surface area contributed by atoms with Gasteiger partial charge in [0, 0.05) is 35.0 Å². The van der Waals surface area contributed by atoms with E-state index in [1.165, 1.54) is 0 Å². The van der Waals surface area contributed by atoms with Crippen LogP contribution in [-0.2, 0) is 6.42 Å². The molecule has 3 heterocycles. The smallest absolute Gasteiger partial charge is 0.179 e. The number of aliphatic imine (C=N–C) groups is 1. The van der Waals surface area contributed by atoms with Crippen LogP contribution < -0.4 is 16.2 Å². The summed E-state index contributed by atoms with van der Waals surface area (Å²) in [7, 11) is 0. The molecule has 1 unspecified atom stereocenters. The lowest BCUT2D eigenvalue weighted by molar-refractivity contribution is 0.700. The van der Waals surface area contributed by atoms with Crippen molar-refractivity contribution in [3.8, 4) is 0 Å². The summed E-state index contributed by atoms with van der Waals surface area (Å²) in [6, 6.07) is 0. The summed E-state index contributed by atoms with van der Waals surface area (Å²) in [6.45, 7) is 10.3. The molecule has 1 aromatic rings. The van der Waals surface area contributed by atoms with Crippen LogP contribution in [0.25, 0.3) is 0 Å². The molecule has 3 rings (SSSR count). The first-order valence-corrected chi connectivity index (χ1v) is 8.59. The fourth-order valence-corrected chi connectivity index (χ4v) is 3.28. The highest BCUT2D eigenvalue weighted by Crippen LogP contribution is 2.31. The van der Waals surface area contributed by atoms with Gasteiger partial charge in [-0.15, -0.1) is 10.2 Å². The van der Waals surface area contributed by atoms with Crippen LogP contribution >= 0.6 is 12.6 Å². The lowest BCUT2D eigenvalue weighted by Crippen LogP contribution is -2.42. The number of amidine groups is 1. The number of nitrogens with two attached hydrogens (primary N) is 1. The van der Waals surface area contributed by atoms with Crippen molar-refractivity contribution in [3.05, 3.63) is 59.9 Å². The average Bonchev–Trinajstić information content (AvgIpc) is 2.90. The molecule has 0 bridgehead atoms. The highest BCUT2D eigenvalue weighted by molar-refractivity contribution is 7.81. The maximum atomic E-state index is 6.01. The maximum absolute atomic E-state index is 6.01. The number of anilines is 1. The number of nitrogens with one attached hydrogen (secondary N) is 1. The first-order valence-electron chi connectivity index (χ1n) is 8.08. The molecule has 7 heteroatoms. The van der Waals surface area contributed by atoms with Crippen LogP contribution in [0.4, 0.5) is 11.6 Å². The van der Waals surface area contributed by atoms with Gasteiger partial charge in [0.05, 0.1) is 0 Å². The van der Waals surface area contributed by atoms with Gasteiger partial charge in [0.1, 0.15) is 5.84 Å². The van der Waals surface area contributed by atoms with Crippen LogP contribution in [0.5, 0.6) is 0 Å². The zero-order chi connectivity index (χ0) is 18.0. The third-order valence-electron chi connectivity index (χ3n) is 4.24. The summed E-state index contributed by atoms with van der Waals surface area (Å²) >= 11 is 4.56. The number of hydrogen-bond acceptors (Lipinski definition) is 6. The number of fused-ring (bicyclic) bond motifs is 1. The monoisotopic (exact) mass is 354 g/mol. The second kappa shape index (κ2) is 7.25. The first kappa shape index (κ1) is 17.4. The second-order valence-electron chi connectivity index (χ2n) is 6.11. The molecule has 0 radical (unpaired) electrons. The molecule has 6 nitrogen and oxygen atoms in total. The van der Waals surface area contributed by atoms with Crippen molar-refractivity contribution in [3.63, 3.8) is 0 Å². The van der Waals surface area contributed by atoms with Gasteiger partial charge in [-0.05, 0) is 18.9 Å². The molecule has 2 aliphatic heterocycles. The molecule has 0 aliphatic carbocycles. The minimum atomic E-state index is 0.177. The molecule has 1 fully saturated rings. The fraction of sp³-hybridized carbons (Fsp3) is 0.278. The number of aromatic nitrogens is 2. The summed E-state index contributed by atoms with van der Waals surface area (Å²) in [6.07, 6.45) is 9.03. The Bertz CT molecular complexity index is 808. The van der Waals surface area contributed by atoms with Crippen LogP contribution in [0.15, 0.2) is 53.7 Å². The molecule has 1 saturated heterocycles. The first-order chi connectivity index (χ1) is 12.0. The van der Waals surface area contributed by atoms with Gasteiger partial charge in [0.15, 0.2) is 11.6 Å². The van der Waals surface area contributed by atoms with E-state index in [0.29, 0.717) is 24.6 Å². The number of rotatable bonds is 3. The van der Waals surface area contributed by atoms with E-state index in [1.807, 2.05) is 25.2 Å². The van der Waals surface area contributed by atoms with Crippen LogP contribution in [0, 0.1) is 6.92 Å². The second-order valence-corrected chi connectivity index (χ2v) is 6.84. The zero-order valence-corrected chi connectivity index (χ0v) is 15.1. The Balaban J connectivity index is 1.89. The van der Waals surface area contributed by atoms with E-state index in [1.54, 1.807) is 11.1 Å². The average molecular weight is 354 g/mol. The van der Waals surface area contributed by atoms with Crippen LogP contribution in [-0.4, -0.2) is 27.8 Å². The standard InChI is InChI=1S/C18H22N6S/c1-4-5-6-7-13-8-16(20-12(13)3)21-17-11(2)15-9-14(25)10-24(19)18(15)23-22-17/h4-7,14,25H,1,3,8-10,19H2,2H3,(H,20,21,22)/b6-5-,13-7-. The summed E-state index contributed by atoms with van der Waals surface area (Å²) in [5.74, 6) is 8.14. The van der Waals surface area contributed by atoms with Crippen molar-refractivity contribution in [2.45, 2.75) is 25.0 Å². The largest absolute Gasteiger partial charge is 0.344 e. The van der Waals surface area contributed by atoms with Crippen molar-refractivity contribution >= 4 is 30.1 Å². The van der Waals surface area contributed by atoms with E-state index in [2.05, 4.69) is 46.3 Å². The number of hydrazine groups is 1. The van der Waals surface area contributed by atoms with E-state index >= 15 is 0 Å². The van der Waals surface area contributed by atoms with Gasteiger partial charge in [-0.25, -0.2) is 10.8 Å². The third-order valence-corrected chi connectivity index (χ3v) is 4.59. The van der Waals surface area contributed by atoms with Gasteiger partial charge in [0.25, 0.3) is 0 Å². The Hall–Kier alpha value is -2.38. The van der Waals surface area contributed by atoms with Crippen molar-refractivity contribution in [2.75, 3.05) is 11.6 Å². The third kappa shape index (κ3) is 3.67. The highest BCUT2D eigenvalue weighted by atomic mass is 32.1. The van der Waals surface area contributed by atoms with Gasteiger partial charge in [0.2, 0.25) is 0 Å². The Morgan fingerprint density at radius 2 is 2.20 bits per heavy atom. The minimum absolute atomic E-state index is 0.177. The van der Waals surface area contributed by atoms with E-state index in [-0.39, 0.29) is 5.25 Å². The summed E-state index contributed by atoms with van der Waals surface area (Å²) in [5.41, 5.74) is 3.98. The lowest BCUT2D eigenvalue weighted by Gasteiger charge is -2.29. The quantitative estimate of drug-likeness (QED) is 0.442. The van der Waals surface area contributed by atoms with E-state index in [9.17, 15) is 0 Å². The van der Waals surface area contributed by atoms with Crippen molar-refractivity contribution in [1.29, 1.82) is 0 Å². The Morgan fingerprint density at radius 1 is 1.40 bits per heavy atom. The van der Waals surface area contributed by atoms with Crippen LogP contribution in [0.3, 0.4) is 0 Å². The van der Waals surface area contributed by atoms with Crippen molar-refractivity contribution in [1.82, 2.24) is 15.5 Å². The number of hydrogen-bond donors (Lipinski definition) is 3. The van der Waals surface area contributed by atoms with Gasteiger partial charge in [-0.1, -0.05) is 37.5 Å². The molecule has 0 saturated carbocycles. The molecule has 0 amide bonds. The predicted molar refractivity (Wildman–Crippen MR) is 106 cm³/mol. The molecule has 25 heavy (non-hydrogen) atoms. The highest BCUT2D eigenvalue weighted by Gasteiger charge is 2.26. The van der Waals surface area contributed by atoms with Crippen molar-refractivity contribution in [2.24, 2.45) is 10.8 Å². The Labute approximate surface area is 153 Å². The van der Waals surface area contributed by atoms with Gasteiger partial charge in [-0.2, -0.15) is 12.6 Å². The minimum Gasteiger partial charge on any atom is -0.344 e. The molecular weight excluding hydrogens is 332 g/mol. The topological polar surface area (TPSA) is 79.4 Å². The van der Waals surface area contributed by atoms with Crippen LogP contribution in [0.2, 0.25) is 0 Å². The van der Waals surface area contributed by atoms with Crippen molar-refractivity contribution < 1.29 is 0 Å². The maximum Gasteiger partial charge on any atom is 0.179 e. The Kier molecular flexibility index (Phi) is 5.06. The SMILES string of the molecule is C=C/C=C\C=C1\CC(=Nc2nnc3c(c2C)CC(S)CN3N)NC1=C. The van der Waals surface area contributed by atoms with E-state index < -0.39 is 0 Å². The summed E-state index contributed by atoms with van der Waals surface area (Å²) in [5, 5.41) is 13.5. The van der Waals surface area contributed by atoms with Crippen LogP contribution in [0.1, 0.15) is 17.5 Å². The van der Waals surface area contributed by atoms with E-state index in [4.69, 9.17) is 5.84 Å². The van der Waals surface area contributed by atoms with E-state index in [0.717, 1.165) is 34.7 Å². The number of nitrogens with zero attached hydrogens (tertiary/aromatic N) is 4. The predicted octanol–water partition coefficient (Wildman–Crippen LogP) is 2.53. The molecule has 2 aliphatic rings. The Morgan fingerprint density at radius 3 is 2.96 bits per heavy atom. The molecule has 130 valence electrons. The molecule has 3 N–H and O–H groups in total.